The van der Waals surface area contributed by atoms with Gasteiger partial charge in [-0.3, -0.25) is 4.79 Å². The van der Waals surface area contributed by atoms with Crippen molar-refractivity contribution in [3.8, 4) is 0 Å². The predicted octanol–water partition coefficient (Wildman–Crippen LogP) is 1.47. The first-order chi connectivity index (χ1) is 9.46. The highest BCUT2D eigenvalue weighted by Gasteiger charge is 2.18. The second-order valence-electron chi connectivity index (χ2n) is 4.94. The Morgan fingerprint density at radius 3 is 2.25 bits per heavy atom. The molecule has 0 aliphatic rings. The quantitative estimate of drug-likeness (QED) is 0.638. The van der Waals surface area contributed by atoms with Gasteiger partial charge in [0.15, 0.2) is 0 Å². The van der Waals surface area contributed by atoms with Gasteiger partial charge in [-0.25, -0.2) is 4.79 Å². The number of carbonyl (C=O) groups excluding carboxylic acids is 1. The molecule has 0 heterocycles. The zero-order valence-electron chi connectivity index (χ0n) is 13.2. The maximum absolute atomic E-state index is 12.0. The third-order valence-corrected chi connectivity index (χ3v) is 3.28. The number of carbonyl (C=O) groups is 2. The topological polar surface area (TPSA) is 72.9 Å². The van der Waals surface area contributed by atoms with E-state index in [2.05, 4.69) is 24.1 Å². The van der Waals surface area contributed by atoms with Gasteiger partial charge in [0.25, 0.3) is 0 Å². The van der Waals surface area contributed by atoms with Crippen molar-refractivity contribution < 1.29 is 14.7 Å². The number of hydrogen-bond acceptors (Lipinski definition) is 3. The summed E-state index contributed by atoms with van der Waals surface area (Å²) in [5, 5.41) is 11.7. The lowest BCUT2D eigenvalue weighted by Gasteiger charge is -2.24. The third kappa shape index (κ3) is 7.33. The Kier molecular flexibility index (Phi) is 9.80. The molecule has 0 aromatic carbocycles. The number of urea groups is 1. The SMILES string of the molecule is CCCN(CC)CCNC(=O)N(CC)CC(C)C(=O)O. The van der Waals surface area contributed by atoms with Gasteiger partial charge in [-0.1, -0.05) is 20.8 Å². The molecular weight excluding hydrogens is 258 g/mol. The summed E-state index contributed by atoms with van der Waals surface area (Å²) in [4.78, 5) is 26.6. The smallest absolute Gasteiger partial charge is 0.317 e. The second kappa shape index (κ2) is 10.5. The molecule has 0 aliphatic carbocycles. The van der Waals surface area contributed by atoms with Gasteiger partial charge in [0.05, 0.1) is 5.92 Å². The average molecular weight is 287 g/mol. The lowest BCUT2D eigenvalue weighted by Crippen LogP contribution is -2.45. The molecule has 1 unspecified atom stereocenters. The van der Waals surface area contributed by atoms with Crippen molar-refractivity contribution in [1.82, 2.24) is 15.1 Å². The van der Waals surface area contributed by atoms with Crippen LogP contribution in [-0.2, 0) is 4.79 Å². The van der Waals surface area contributed by atoms with Gasteiger partial charge in [-0.15, -0.1) is 0 Å². The van der Waals surface area contributed by atoms with Crippen molar-refractivity contribution in [2.75, 3.05) is 39.3 Å². The minimum Gasteiger partial charge on any atom is -0.481 e. The van der Waals surface area contributed by atoms with Gasteiger partial charge in [0.2, 0.25) is 0 Å². The van der Waals surface area contributed by atoms with Crippen LogP contribution in [0, 0.1) is 5.92 Å². The van der Waals surface area contributed by atoms with E-state index in [-0.39, 0.29) is 12.6 Å². The molecule has 6 heteroatoms. The van der Waals surface area contributed by atoms with E-state index in [0.29, 0.717) is 13.1 Å². The molecule has 118 valence electrons. The maximum Gasteiger partial charge on any atom is 0.317 e. The second-order valence-corrected chi connectivity index (χ2v) is 4.94. The number of carboxylic acids is 1. The summed E-state index contributed by atoms with van der Waals surface area (Å²) in [7, 11) is 0. The van der Waals surface area contributed by atoms with Crippen molar-refractivity contribution in [3.05, 3.63) is 0 Å². The maximum atomic E-state index is 12.0. The van der Waals surface area contributed by atoms with Gasteiger partial charge >= 0.3 is 12.0 Å². The van der Waals surface area contributed by atoms with Crippen LogP contribution in [0.2, 0.25) is 0 Å². The molecular formula is C14H29N3O3. The van der Waals surface area contributed by atoms with Crippen LogP contribution in [0.1, 0.15) is 34.1 Å². The van der Waals surface area contributed by atoms with Crippen LogP contribution in [0.25, 0.3) is 0 Å². The molecule has 0 aliphatic heterocycles. The van der Waals surface area contributed by atoms with Gasteiger partial charge in [-0.2, -0.15) is 0 Å². The van der Waals surface area contributed by atoms with Crippen LogP contribution in [0.15, 0.2) is 0 Å². The zero-order valence-corrected chi connectivity index (χ0v) is 13.2. The van der Waals surface area contributed by atoms with Crippen LogP contribution < -0.4 is 5.32 Å². The molecule has 2 amide bonds. The Labute approximate surface area is 122 Å². The first kappa shape index (κ1) is 18.7. The fraction of sp³-hybridized carbons (Fsp3) is 0.857. The number of aliphatic carboxylic acids is 1. The number of rotatable bonds is 10. The summed E-state index contributed by atoms with van der Waals surface area (Å²) in [6.07, 6.45) is 1.10. The van der Waals surface area contributed by atoms with Crippen molar-refractivity contribution in [1.29, 1.82) is 0 Å². The summed E-state index contributed by atoms with van der Waals surface area (Å²) in [5.74, 6) is -1.43. The van der Waals surface area contributed by atoms with Crippen LogP contribution >= 0.6 is 0 Å². The average Bonchev–Trinajstić information content (AvgIpc) is 2.42. The van der Waals surface area contributed by atoms with E-state index in [4.69, 9.17) is 5.11 Å². The van der Waals surface area contributed by atoms with Crippen molar-refractivity contribution in [2.45, 2.75) is 34.1 Å². The highest BCUT2D eigenvalue weighted by molar-refractivity contribution is 5.75. The lowest BCUT2D eigenvalue weighted by molar-refractivity contribution is -0.141. The molecule has 0 aromatic rings. The van der Waals surface area contributed by atoms with E-state index in [1.165, 1.54) is 4.90 Å². The normalized spacial score (nSPS) is 12.2. The van der Waals surface area contributed by atoms with Crippen LogP contribution in [0.4, 0.5) is 4.79 Å². The molecule has 0 rings (SSSR count). The van der Waals surface area contributed by atoms with E-state index in [1.807, 2.05) is 6.92 Å². The predicted molar refractivity (Wildman–Crippen MR) is 79.9 cm³/mol. The number of nitrogens with zero attached hydrogens (tertiary/aromatic N) is 2. The number of carboxylic acid groups (broad SMARTS) is 1. The molecule has 6 nitrogen and oxygen atoms in total. The van der Waals surface area contributed by atoms with Gasteiger partial charge < -0.3 is 20.2 Å². The van der Waals surface area contributed by atoms with E-state index in [9.17, 15) is 9.59 Å². The summed E-state index contributed by atoms with van der Waals surface area (Å²) < 4.78 is 0. The Hall–Kier alpha value is -1.30. The minimum absolute atomic E-state index is 0.187. The summed E-state index contributed by atoms with van der Waals surface area (Å²) in [6.45, 7) is 11.9. The molecule has 0 fully saturated rings. The van der Waals surface area contributed by atoms with E-state index in [1.54, 1.807) is 6.92 Å². The molecule has 1 atom stereocenters. The first-order valence-corrected chi connectivity index (χ1v) is 7.44. The van der Waals surface area contributed by atoms with Gasteiger partial charge in [-0.05, 0) is 26.4 Å². The molecule has 20 heavy (non-hydrogen) atoms. The van der Waals surface area contributed by atoms with Crippen LogP contribution in [-0.4, -0.2) is 66.2 Å². The standard InChI is InChI=1S/C14H29N3O3/c1-5-9-16(6-2)10-8-15-14(20)17(7-3)11-12(4)13(18)19/h12H,5-11H2,1-4H3,(H,15,20)(H,18,19). The highest BCUT2D eigenvalue weighted by atomic mass is 16.4. The van der Waals surface area contributed by atoms with E-state index < -0.39 is 11.9 Å². The van der Waals surface area contributed by atoms with Crippen LogP contribution in [0.3, 0.4) is 0 Å². The summed E-state index contributed by atoms with van der Waals surface area (Å²) >= 11 is 0. The fourth-order valence-corrected chi connectivity index (χ4v) is 1.94. The third-order valence-electron chi connectivity index (χ3n) is 3.28. The first-order valence-electron chi connectivity index (χ1n) is 7.44. The minimum atomic E-state index is -0.878. The van der Waals surface area contributed by atoms with Crippen molar-refractivity contribution in [3.63, 3.8) is 0 Å². The van der Waals surface area contributed by atoms with E-state index >= 15 is 0 Å². The summed E-state index contributed by atoms with van der Waals surface area (Å²) in [6, 6.07) is -0.187. The molecule has 0 bridgehead atoms. The Bertz CT molecular complexity index is 297. The molecule has 0 aromatic heterocycles. The number of nitrogens with one attached hydrogen (secondary N) is 1. The summed E-state index contributed by atoms with van der Waals surface area (Å²) in [5.41, 5.74) is 0. The monoisotopic (exact) mass is 287 g/mol. The largest absolute Gasteiger partial charge is 0.481 e. The zero-order chi connectivity index (χ0) is 15.5. The van der Waals surface area contributed by atoms with Crippen molar-refractivity contribution >= 4 is 12.0 Å². The molecule has 2 N–H and O–H groups in total. The lowest BCUT2D eigenvalue weighted by atomic mass is 10.2. The number of likely N-dealkylation sites (N-methyl/N-ethyl adjacent to an activating group) is 1. The fourth-order valence-electron chi connectivity index (χ4n) is 1.94. The van der Waals surface area contributed by atoms with Gasteiger partial charge in [0.1, 0.15) is 0 Å². The Morgan fingerprint density at radius 2 is 1.80 bits per heavy atom. The highest BCUT2D eigenvalue weighted by Crippen LogP contribution is 2.00. The Morgan fingerprint density at radius 1 is 1.15 bits per heavy atom. The van der Waals surface area contributed by atoms with Gasteiger partial charge in [0, 0.05) is 26.2 Å². The van der Waals surface area contributed by atoms with Crippen molar-refractivity contribution in [2.24, 2.45) is 5.92 Å². The molecule has 0 radical (unpaired) electrons. The molecule has 0 saturated heterocycles. The number of hydrogen-bond donors (Lipinski definition) is 2. The Balaban J connectivity index is 4.12. The van der Waals surface area contributed by atoms with Crippen LogP contribution in [0.5, 0.6) is 0 Å². The molecule has 0 saturated carbocycles. The molecule has 0 spiro atoms. The number of amides is 2. The van der Waals surface area contributed by atoms with E-state index in [0.717, 1.165) is 26.1 Å².